The van der Waals surface area contributed by atoms with E-state index < -0.39 is 66.1 Å². The van der Waals surface area contributed by atoms with E-state index in [1.54, 1.807) is 28.7 Å². The van der Waals surface area contributed by atoms with Crippen LogP contribution >= 0.6 is 0 Å². The van der Waals surface area contributed by atoms with Crippen molar-refractivity contribution in [2.24, 2.45) is 11.8 Å². The van der Waals surface area contributed by atoms with Crippen molar-refractivity contribution in [3.8, 4) is 0 Å². The zero-order valence-corrected chi connectivity index (χ0v) is 28.2. The molecule has 3 fully saturated rings. The minimum Gasteiger partial charge on any atom is -0.460 e. The fraction of sp³-hybridized carbons (Fsp3) is 0.459. The molecule has 13 heteroatoms. The molecule has 3 aliphatic heterocycles. The highest BCUT2D eigenvalue weighted by Gasteiger charge is 2.75. The van der Waals surface area contributed by atoms with E-state index in [2.05, 4.69) is 28.8 Å². The molecule has 6 rings (SSSR count). The fourth-order valence-electron chi connectivity index (χ4n) is 7.80. The number of ether oxygens (including phenoxy) is 2. The maximum absolute atomic E-state index is 14.9. The maximum Gasteiger partial charge on any atom is 0.312 e. The Morgan fingerprint density at radius 2 is 1.92 bits per heavy atom. The number of esters is 1. The van der Waals surface area contributed by atoms with Crippen molar-refractivity contribution in [1.82, 2.24) is 30.1 Å². The molecular formula is C37H44N6O7. The number of likely N-dealkylation sites (tertiary alicyclic amines) is 1. The lowest BCUT2D eigenvalue weighted by molar-refractivity contribution is -0.160. The van der Waals surface area contributed by atoms with E-state index in [9.17, 15) is 24.3 Å². The summed E-state index contributed by atoms with van der Waals surface area (Å²) in [7, 11) is 0. The highest BCUT2D eigenvalue weighted by atomic mass is 16.6. The molecule has 2 N–H and O–H groups in total. The van der Waals surface area contributed by atoms with Crippen molar-refractivity contribution in [3.05, 3.63) is 85.5 Å². The molecule has 3 saturated heterocycles. The molecule has 0 aliphatic carbocycles. The monoisotopic (exact) mass is 684 g/mol. The molecular weight excluding hydrogens is 640 g/mol. The number of nitrogens with zero attached hydrogens (tertiary/aromatic N) is 5. The average Bonchev–Trinajstić information content (AvgIpc) is 3.88. The Morgan fingerprint density at radius 3 is 2.66 bits per heavy atom. The number of carbonyl (C=O) groups is 4. The van der Waals surface area contributed by atoms with Crippen LogP contribution in [-0.2, 0) is 41.7 Å². The molecule has 0 unspecified atom stereocenters. The summed E-state index contributed by atoms with van der Waals surface area (Å²) >= 11 is 0. The summed E-state index contributed by atoms with van der Waals surface area (Å²) in [6, 6.07) is 14.9. The summed E-state index contributed by atoms with van der Waals surface area (Å²) in [6.45, 7) is 9.03. The lowest BCUT2D eigenvalue weighted by atomic mass is 9.70. The standard InChI is InChI=1S/C37H44N6O7/c1-4-6-16-30(45)38-21-24(3)49-36(48)31-29-17-18-37(50-29)32(31)34(46)43(26(22-44)20-25-12-8-7-9-13-25)33(37)35(47)41(19-5-2)23-42-28-15-11-10-14-27(28)39-40-42/h4-5,7-15,24,26,29,31-33,44H,1-2,6,16-23H2,3H3,(H,38,45)/t24-,26+,29-,31+,32+,33-,37+/m0/s1. The number of aliphatic hydroxyl groups excluding tert-OH is 1. The Balaban J connectivity index is 1.32. The zero-order chi connectivity index (χ0) is 35.4. The van der Waals surface area contributed by atoms with Gasteiger partial charge in [-0.3, -0.25) is 19.2 Å². The molecule has 264 valence electrons. The summed E-state index contributed by atoms with van der Waals surface area (Å²) < 4.78 is 14.0. The molecule has 4 heterocycles. The molecule has 0 radical (unpaired) electrons. The van der Waals surface area contributed by atoms with Crippen molar-refractivity contribution in [2.75, 3.05) is 19.7 Å². The highest BCUT2D eigenvalue weighted by Crippen LogP contribution is 2.59. The Labute approximate surface area is 290 Å². The molecule has 2 bridgehead atoms. The van der Waals surface area contributed by atoms with E-state index >= 15 is 0 Å². The van der Waals surface area contributed by atoms with Crippen molar-refractivity contribution in [2.45, 2.75) is 75.6 Å². The number of para-hydroxylation sites is 1. The highest BCUT2D eigenvalue weighted by molar-refractivity contribution is 5.98. The third kappa shape index (κ3) is 6.54. The van der Waals surface area contributed by atoms with Gasteiger partial charge in [-0.1, -0.05) is 59.8 Å². The third-order valence-corrected chi connectivity index (χ3v) is 10.0. The van der Waals surface area contributed by atoms with Crippen molar-refractivity contribution >= 4 is 34.7 Å². The van der Waals surface area contributed by atoms with Crippen molar-refractivity contribution < 1.29 is 33.8 Å². The Kier molecular flexibility index (Phi) is 10.4. The second-order valence-corrected chi connectivity index (χ2v) is 13.3. The van der Waals surface area contributed by atoms with Gasteiger partial charge in [-0.05, 0) is 50.3 Å². The van der Waals surface area contributed by atoms with Crippen LogP contribution < -0.4 is 5.32 Å². The Morgan fingerprint density at radius 1 is 1.16 bits per heavy atom. The van der Waals surface area contributed by atoms with Gasteiger partial charge in [-0.15, -0.1) is 18.3 Å². The van der Waals surface area contributed by atoms with Gasteiger partial charge in [0, 0.05) is 13.0 Å². The van der Waals surface area contributed by atoms with E-state index in [-0.39, 0.29) is 38.5 Å². The zero-order valence-electron chi connectivity index (χ0n) is 28.2. The minimum absolute atomic E-state index is 0.0258. The summed E-state index contributed by atoms with van der Waals surface area (Å²) in [4.78, 5) is 58.6. The number of allylic oxidation sites excluding steroid dienone is 1. The van der Waals surface area contributed by atoms with Crippen LogP contribution in [0, 0.1) is 11.8 Å². The summed E-state index contributed by atoms with van der Waals surface area (Å²) in [5.41, 5.74) is 0.956. The van der Waals surface area contributed by atoms with Gasteiger partial charge >= 0.3 is 5.97 Å². The van der Waals surface area contributed by atoms with Gasteiger partial charge < -0.3 is 29.7 Å². The molecule has 2 aromatic carbocycles. The molecule has 1 spiro atoms. The van der Waals surface area contributed by atoms with Gasteiger partial charge in [0.25, 0.3) is 0 Å². The molecule has 7 atom stereocenters. The number of hydrogen-bond acceptors (Lipinski definition) is 9. The number of nitrogens with one attached hydrogen (secondary N) is 1. The molecule has 3 aliphatic rings. The van der Waals surface area contributed by atoms with Crippen LogP contribution in [0.4, 0.5) is 0 Å². The number of aliphatic hydroxyl groups is 1. The van der Waals surface area contributed by atoms with Gasteiger partial charge in [0.2, 0.25) is 17.7 Å². The topological polar surface area (TPSA) is 156 Å². The SMILES string of the molecule is C=CCCC(=O)NC[C@H](C)OC(=O)[C@@H]1[C@@H]2CC[C@]3(O2)[C@H](C(=O)N(CC=C)Cn2nnc4ccccc42)N([C@@H](CO)Cc2ccccc2)C(=O)[C@@H]13. The van der Waals surface area contributed by atoms with Crippen LogP contribution in [0.2, 0.25) is 0 Å². The van der Waals surface area contributed by atoms with Crippen molar-refractivity contribution in [3.63, 3.8) is 0 Å². The summed E-state index contributed by atoms with van der Waals surface area (Å²) in [6.07, 6.45) is 3.87. The number of benzene rings is 2. The lowest BCUT2D eigenvalue weighted by Crippen LogP contribution is -2.59. The van der Waals surface area contributed by atoms with Crippen LogP contribution in [0.5, 0.6) is 0 Å². The molecule has 3 amide bonds. The Hall–Kier alpha value is -4.88. The van der Waals surface area contributed by atoms with Crippen LogP contribution in [0.1, 0.15) is 38.2 Å². The second-order valence-electron chi connectivity index (χ2n) is 13.3. The number of rotatable bonds is 16. The van der Waals surface area contributed by atoms with E-state index in [0.717, 1.165) is 11.1 Å². The summed E-state index contributed by atoms with van der Waals surface area (Å²) in [5.74, 6) is -3.60. The number of carbonyl (C=O) groups excluding carboxylic acids is 4. The van der Waals surface area contributed by atoms with Gasteiger partial charge in [0.05, 0.1) is 42.6 Å². The largest absolute Gasteiger partial charge is 0.460 e. The first-order valence-electron chi connectivity index (χ1n) is 17.1. The molecule has 13 nitrogen and oxygen atoms in total. The third-order valence-electron chi connectivity index (χ3n) is 10.0. The van der Waals surface area contributed by atoms with Crippen molar-refractivity contribution in [1.29, 1.82) is 0 Å². The number of fused-ring (bicyclic) bond motifs is 2. The van der Waals surface area contributed by atoms with E-state index in [0.29, 0.717) is 24.8 Å². The fourth-order valence-corrected chi connectivity index (χ4v) is 7.80. The number of hydrogen-bond donors (Lipinski definition) is 2. The predicted octanol–water partition coefficient (Wildman–Crippen LogP) is 2.40. The average molecular weight is 685 g/mol. The van der Waals surface area contributed by atoms with Crippen LogP contribution in [0.15, 0.2) is 79.9 Å². The van der Waals surface area contributed by atoms with E-state index in [4.69, 9.17) is 9.47 Å². The molecule has 1 aromatic heterocycles. The lowest BCUT2D eigenvalue weighted by Gasteiger charge is -2.39. The van der Waals surface area contributed by atoms with Crippen LogP contribution in [0.3, 0.4) is 0 Å². The van der Waals surface area contributed by atoms with E-state index in [1.807, 2.05) is 54.6 Å². The normalized spacial score (nSPS) is 24.8. The molecule has 3 aromatic rings. The number of aromatic nitrogens is 3. The predicted molar refractivity (Wildman–Crippen MR) is 183 cm³/mol. The minimum atomic E-state index is -1.32. The van der Waals surface area contributed by atoms with Gasteiger partial charge in [-0.25, -0.2) is 4.68 Å². The Bertz CT molecular complexity index is 1750. The molecule has 0 saturated carbocycles. The van der Waals surface area contributed by atoms with Gasteiger partial charge in [-0.2, -0.15) is 0 Å². The summed E-state index contributed by atoms with van der Waals surface area (Å²) in [5, 5.41) is 22.1. The quantitative estimate of drug-likeness (QED) is 0.171. The molecule has 50 heavy (non-hydrogen) atoms. The first-order valence-corrected chi connectivity index (χ1v) is 17.1. The maximum atomic E-state index is 14.9. The smallest absolute Gasteiger partial charge is 0.312 e. The van der Waals surface area contributed by atoms with E-state index in [1.165, 1.54) is 4.90 Å². The first kappa shape index (κ1) is 35.0. The van der Waals surface area contributed by atoms with Crippen LogP contribution in [-0.4, -0.2) is 103 Å². The van der Waals surface area contributed by atoms with Gasteiger partial charge in [0.1, 0.15) is 29.9 Å². The van der Waals surface area contributed by atoms with Crippen LogP contribution in [0.25, 0.3) is 11.0 Å². The second kappa shape index (κ2) is 14.9. The number of amides is 3. The van der Waals surface area contributed by atoms with Gasteiger partial charge in [0.15, 0.2) is 0 Å². The first-order chi connectivity index (χ1) is 24.2.